The van der Waals surface area contributed by atoms with Gasteiger partial charge in [-0.1, -0.05) is 17.7 Å². The van der Waals surface area contributed by atoms with E-state index in [2.05, 4.69) is 11.2 Å². The van der Waals surface area contributed by atoms with Crippen LogP contribution in [0.4, 0.5) is 5.82 Å². The van der Waals surface area contributed by atoms with Crippen LogP contribution in [-0.4, -0.2) is 9.78 Å². The molecule has 5 heteroatoms. The highest BCUT2D eigenvalue weighted by Gasteiger charge is 2.08. The van der Waals surface area contributed by atoms with Gasteiger partial charge in [0.15, 0.2) is 5.82 Å². The molecular weight excluding hydrogens is 224 g/mol. The van der Waals surface area contributed by atoms with Crippen LogP contribution >= 0.6 is 11.6 Å². The first-order chi connectivity index (χ1) is 7.61. The Labute approximate surface area is 97.9 Å². The molecule has 0 bridgehead atoms. The van der Waals surface area contributed by atoms with E-state index < -0.39 is 0 Å². The summed E-state index contributed by atoms with van der Waals surface area (Å²) in [5, 5.41) is 13.4. The van der Waals surface area contributed by atoms with Gasteiger partial charge in [-0.2, -0.15) is 5.26 Å². The number of aryl methyl sites for hydroxylation is 1. The lowest BCUT2D eigenvalue weighted by Crippen LogP contribution is -1.99. The first-order valence-corrected chi connectivity index (χ1v) is 5.01. The molecule has 1 aromatic heterocycles. The van der Waals surface area contributed by atoms with Crippen LogP contribution in [0.5, 0.6) is 0 Å². The van der Waals surface area contributed by atoms with Crippen molar-refractivity contribution >= 4 is 17.4 Å². The molecular formula is C11H9ClN4. The fourth-order valence-corrected chi connectivity index (χ4v) is 1.56. The summed E-state index contributed by atoms with van der Waals surface area (Å²) in [6.07, 6.45) is 1.59. The predicted octanol–water partition coefficient (Wildman–Crippen LogP) is 2.29. The number of halogens is 1. The fourth-order valence-electron chi connectivity index (χ4n) is 1.43. The molecule has 0 unspecified atom stereocenters. The van der Waals surface area contributed by atoms with Crippen LogP contribution < -0.4 is 5.73 Å². The highest BCUT2D eigenvalue weighted by atomic mass is 35.5. The zero-order valence-corrected chi connectivity index (χ0v) is 9.36. The number of rotatable bonds is 1. The Balaban J connectivity index is 2.60. The van der Waals surface area contributed by atoms with Crippen molar-refractivity contribution in [3.63, 3.8) is 0 Å². The van der Waals surface area contributed by atoms with Crippen molar-refractivity contribution in [1.29, 1.82) is 5.26 Å². The van der Waals surface area contributed by atoms with Crippen LogP contribution in [0.3, 0.4) is 0 Å². The van der Waals surface area contributed by atoms with E-state index in [1.807, 2.05) is 19.1 Å². The van der Waals surface area contributed by atoms with Gasteiger partial charge in [0.1, 0.15) is 11.1 Å². The summed E-state index contributed by atoms with van der Waals surface area (Å²) in [7, 11) is 0. The quantitative estimate of drug-likeness (QED) is 0.820. The Morgan fingerprint density at radius 3 is 2.81 bits per heavy atom. The molecule has 2 aromatic rings. The molecule has 4 nitrogen and oxygen atoms in total. The number of anilines is 1. The van der Waals surface area contributed by atoms with E-state index in [1.54, 1.807) is 12.3 Å². The first kappa shape index (κ1) is 10.5. The molecule has 0 spiro atoms. The predicted molar refractivity (Wildman–Crippen MR) is 62.4 cm³/mol. The number of benzene rings is 1. The van der Waals surface area contributed by atoms with Crippen molar-refractivity contribution in [2.75, 3.05) is 5.73 Å². The summed E-state index contributed by atoms with van der Waals surface area (Å²) in [5.74, 6) is 0.256. The van der Waals surface area contributed by atoms with Crippen LogP contribution in [0.2, 0.25) is 5.02 Å². The number of hydrogen-bond acceptors (Lipinski definition) is 3. The minimum atomic E-state index is 0.256. The van der Waals surface area contributed by atoms with E-state index in [9.17, 15) is 0 Å². The Morgan fingerprint density at radius 1 is 1.50 bits per heavy atom. The topological polar surface area (TPSA) is 67.6 Å². The molecule has 0 aliphatic carbocycles. The number of nitrogens with zero attached hydrogens (tertiary/aromatic N) is 3. The smallest absolute Gasteiger partial charge is 0.164 e. The molecule has 0 aliphatic heterocycles. The van der Waals surface area contributed by atoms with Crippen LogP contribution in [0.25, 0.3) is 5.69 Å². The van der Waals surface area contributed by atoms with Gasteiger partial charge in [0.25, 0.3) is 0 Å². The van der Waals surface area contributed by atoms with Crippen molar-refractivity contribution in [3.05, 3.63) is 40.5 Å². The molecule has 0 atom stereocenters. The normalized spacial score (nSPS) is 10.1. The molecule has 0 amide bonds. The Bertz CT molecular complexity index is 561. The maximum absolute atomic E-state index is 9.02. The maximum atomic E-state index is 9.02. The van der Waals surface area contributed by atoms with Crippen molar-refractivity contribution in [2.24, 2.45) is 0 Å². The summed E-state index contributed by atoms with van der Waals surface area (Å²) in [5.41, 5.74) is 7.79. The average Bonchev–Trinajstić information content (AvgIpc) is 2.59. The van der Waals surface area contributed by atoms with Gasteiger partial charge in [-0.25, -0.2) is 4.68 Å². The molecule has 2 N–H and O–H groups in total. The van der Waals surface area contributed by atoms with Crippen molar-refractivity contribution < 1.29 is 0 Å². The van der Waals surface area contributed by atoms with Crippen LogP contribution in [-0.2, 0) is 0 Å². The second-order valence-corrected chi connectivity index (χ2v) is 3.85. The number of nitrogen functional groups attached to an aromatic ring is 1. The second kappa shape index (κ2) is 3.87. The summed E-state index contributed by atoms with van der Waals surface area (Å²) < 4.78 is 1.51. The van der Waals surface area contributed by atoms with Crippen molar-refractivity contribution in [3.8, 4) is 11.8 Å². The minimum absolute atomic E-state index is 0.256. The summed E-state index contributed by atoms with van der Waals surface area (Å²) in [6, 6.07) is 7.63. The Kier molecular flexibility index (Phi) is 2.55. The molecule has 0 aliphatic rings. The molecule has 1 aromatic carbocycles. The van der Waals surface area contributed by atoms with Gasteiger partial charge < -0.3 is 5.73 Å². The van der Waals surface area contributed by atoms with Gasteiger partial charge in [-0.05, 0) is 24.6 Å². The molecule has 1 heterocycles. The monoisotopic (exact) mass is 232 g/mol. The lowest BCUT2D eigenvalue weighted by Gasteiger charge is -2.04. The largest absolute Gasteiger partial charge is 0.381 e. The molecule has 0 fully saturated rings. The van der Waals surface area contributed by atoms with Crippen molar-refractivity contribution in [1.82, 2.24) is 9.78 Å². The minimum Gasteiger partial charge on any atom is -0.381 e. The zero-order chi connectivity index (χ0) is 11.7. The summed E-state index contributed by atoms with van der Waals surface area (Å²) >= 11 is 5.81. The SMILES string of the molecule is Cc1ccc(-n2cc(Cl)c(N)n2)c(C#N)c1. The van der Waals surface area contributed by atoms with Crippen LogP contribution in [0, 0.1) is 18.3 Å². The first-order valence-electron chi connectivity index (χ1n) is 4.63. The molecule has 0 saturated carbocycles. The molecule has 0 saturated heterocycles. The Morgan fingerprint density at radius 2 is 2.25 bits per heavy atom. The molecule has 0 radical (unpaired) electrons. The van der Waals surface area contributed by atoms with Crippen LogP contribution in [0.15, 0.2) is 24.4 Å². The maximum Gasteiger partial charge on any atom is 0.164 e. The van der Waals surface area contributed by atoms with Gasteiger partial charge >= 0.3 is 0 Å². The van der Waals surface area contributed by atoms with E-state index in [1.165, 1.54) is 4.68 Å². The van der Waals surface area contributed by atoms with Gasteiger partial charge in [-0.15, -0.1) is 5.10 Å². The third kappa shape index (κ3) is 1.73. The number of hydrogen-bond donors (Lipinski definition) is 1. The third-order valence-corrected chi connectivity index (χ3v) is 2.51. The van der Waals surface area contributed by atoms with E-state index in [0.29, 0.717) is 16.3 Å². The number of aromatic nitrogens is 2. The van der Waals surface area contributed by atoms with Gasteiger partial charge in [0.2, 0.25) is 0 Å². The molecule has 80 valence electrons. The average molecular weight is 233 g/mol. The van der Waals surface area contributed by atoms with E-state index in [0.717, 1.165) is 5.56 Å². The summed E-state index contributed by atoms with van der Waals surface area (Å²) in [4.78, 5) is 0. The number of nitriles is 1. The third-order valence-electron chi connectivity index (χ3n) is 2.22. The van der Waals surface area contributed by atoms with Crippen LogP contribution in [0.1, 0.15) is 11.1 Å². The number of nitrogens with two attached hydrogens (primary N) is 1. The highest BCUT2D eigenvalue weighted by Crippen LogP contribution is 2.21. The molecule has 16 heavy (non-hydrogen) atoms. The second-order valence-electron chi connectivity index (χ2n) is 3.44. The highest BCUT2D eigenvalue weighted by molar-refractivity contribution is 6.32. The molecule has 2 rings (SSSR count). The van der Waals surface area contributed by atoms with E-state index in [-0.39, 0.29) is 5.82 Å². The lowest BCUT2D eigenvalue weighted by molar-refractivity contribution is 0.882. The van der Waals surface area contributed by atoms with E-state index in [4.69, 9.17) is 22.6 Å². The summed E-state index contributed by atoms with van der Waals surface area (Å²) in [6.45, 7) is 1.93. The van der Waals surface area contributed by atoms with Gasteiger partial charge in [0.05, 0.1) is 17.4 Å². The van der Waals surface area contributed by atoms with Gasteiger partial charge in [-0.3, -0.25) is 0 Å². The zero-order valence-electron chi connectivity index (χ0n) is 8.61. The van der Waals surface area contributed by atoms with Crippen molar-refractivity contribution in [2.45, 2.75) is 6.92 Å². The Hall–Kier alpha value is -1.99. The fraction of sp³-hybridized carbons (Fsp3) is 0.0909. The standard InChI is InChI=1S/C11H9ClN4/c1-7-2-3-10(8(4-7)5-13)16-6-9(12)11(14)15-16/h2-4,6H,1H3,(H2,14,15). The van der Waals surface area contributed by atoms with Gasteiger partial charge in [0, 0.05) is 0 Å². The van der Waals surface area contributed by atoms with E-state index >= 15 is 0 Å². The lowest BCUT2D eigenvalue weighted by atomic mass is 10.1.